The molecule has 0 spiro atoms. The van der Waals surface area contributed by atoms with Crippen LogP contribution >= 0.6 is 0 Å². The van der Waals surface area contributed by atoms with Gasteiger partial charge in [0.2, 0.25) is 11.7 Å². The smallest absolute Gasteiger partial charge is 0.408 e. The van der Waals surface area contributed by atoms with E-state index in [0.29, 0.717) is 18.4 Å². The van der Waals surface area contributed by atoms with E-state index in [2.05, 4.69) is 10.6 Å². The number of amides is 3. The maximum Gasteiger partial charge on any atom is 0.408 e. The molecule has 0 saturated carbocycles. The molecule has 3 amide bonds. The molecule has 1 aliphatic rings. The molecule has 0 aromatic heterocycles. The van der Waals surface area contributed by atoms with Crippen LogP contribution in [0.4, 0.5) is 4.79 Å². The fourth-order valence-electron chi connectivity index (χ4n) is 5.11. The molecule has 1 fully saturated rings. The van der Waals surface area contributed by atoms with E-state index < -0.39 is 35.7 Å². The molecule has 45 heavy (non-hydrogen) atoms. The Morgan fingerprint density at radius 3 is 2.20 bits per heavy atom. The summed E-state index contributed by atoms with van der Waals surface area (Å²) in [4.78, 5) is 66.6. The average Bonchev–Trinajstić information content (AvgIpc) is 3.00. The van der Waals surface area contributed by atoms with Crippen molar-refractivity contribution < 1.29 is 28.7 Å². The van der Waals surface area contributed by atoms with E-state index in [-0.39, 0.29) is 62.0 Å². The number of likely N-dealkylation sites (tertiary alicyclic amines) is 1. The van der Waals surface area contributed by atoms with Crippen LogP contribution in [0.2, 0.25) is 0 Å². The number of carbonyl (C=O) groups excluding carboxylic acids is 5. The second-order valence-electron chi connectivity index (χ2n) is 12.2. The number of nitrogen functional groups attached to an aromatic ring is 1. The van der Waals surface area contributed by atoms with Gasteiger partial charge in [0.05, 0.1) is 12.0 Å². The van der Waals surface area contributed by atoms with Crippen LogP contribution in [0.1, 0.15) is 63.6 Å². The number of hydrogen-bond donors (Lipinski definition) is 4. The van der Waals surface area contributed by atoms with E-state index in [1.807, 2.05) is 58.0 Å². The van der Waals surface area contributed by atoms with Crippen LogP contribution in [-0.2, 0) is 37.1 Å². The number of hydrogen-bond acceptors (Lipinski definition) is 7. The van der Waals surface area contributed by atoms with E-state index >= 15 is 0 Å². The monoisotopic (exact) mass is 619 g/mol. The van der Waals surface area contributed by atoms with Crippen molar-refractivity contribution in [2.24, 2.45) is 29.4 Å². The van der Waals surface area contributed by atoms with Crippen molar-refractivity contribution in [1.29, 1.82) is 5.41 Å². The molecule has 3 unspecified atom stereocenters. The second kappa shape index (κ2) is 16.5. The van der Waals surface area contributed by atoms with Crippen LogP contribution < -0.4 is 16.4 Å². The Balaban J connectivity index is 1.55. The summed E-state index contributed by atoms with van der Waals surface area (Å²) in [6.07, 6.45) is 0.0315. The average molecular weight is 620 g/mol. The standard InChI is InChI=1S/C34H45N5O6/c1-5-22(4)27(16-29(40)28(15-21(2)3)38-34(44)45-20-24-9-7-6-8-10-24)30(41)33(43)39-18-26(19-39)32(42)37-17-23-11-13-25(14-12-23)31(35)36/h6-14,21-22,26-28H,5,15-20H2,1-4H3,(H3,35,36)(H,37,42)(H,38,44). The van der Waals surface area contributed by atoms with Gasteiger partial charge in [-0.1, -0.05) is 88.7 Å². The lowest BCUT2D eigenvalue weighted by Crippen LogP contribution is -2.58. The van der Waals surface area contributed by atoms with Gasteiger partial charge < -0.3 is 26.0 Å². The highest BCUT2D eigenvalue weighted by Gasteiger charge is 2.41. The predicted molar refractivity (Wildman–Crippen MR) is 170 cm³/mol. The lowest BCUT2D eigenvalue weighted by molar-refractivity contribution is -0.154. The Hall–Kier alpha value is -4.54. The van der Waals surface area contributed by atoms with Gasteiger partial charge in [-0.2, -0.15) is 0 Å². The van der Waals surface area contributed by atoms with Crippen molar-refractivity contribution in [3.8, 4) is 0 Å². The lowest BCUT2D eigenvalue weighted by atomic mass is 9.81. The molecule has 3 atom stereocenters. The summed E-state index contributed by atoms with van der Waals surface area (Å²) in [7, 11) is 0. The normalized spacial score (nSPS) is 14.9. The maximum absolute atomic E-state index is 13.5. The summed E-state index contributed by atoms with van der Waals surface area (Å²) in [5.41, 5.74) is 7.71. The number of carbonyl (C=O) groups is 5. The number of nitrogens with zero attached hydrogens (tertiary/aromatic N) is 1. The first-order valence-electron chi connectivity index (χ1n) is 15.4. The molecule has 242 valence electrons. The van der Waals surface area contributed by atoms with Gasteiger partial charge >= 0.3 is 6.09 Å². The van der Waals surface area contributed by atoms with E-state index in [1.165, 1.54) is 4.90 Å². The molecular formula is C34H45N5O6. The minimum Gasteiger partial charge on any atom is -0.445 e. The molecule has 1 saturated heterocycles. The summed E-state index contributed by atoms with van der Waals surface area (Å²) in [6.45, 7) is 8.15. The second-order valence-corrected chi connectivity index (χ2v) is 12.2. The summed E-state index contributed by atoms with van der Waals surface area (Å²) in [5, 5.41) is 13.0. The Morgan fingerprint density at radius 1 is 0.978 bits per heavy atom. The van der Waals surface area contributed by atoms with Crippen LogP contribution in [0.25, 0.3) is 0 Å². The van der Waals surface area contributed by atoms with Gasteiger partial charge in [0.15, 0.2) is 5.78 Å². The Kier molecular flexibility index (Phi) is 12.8. The molecule has 0 radical (unpaired) electrons. The predicted octanol–water partition coefficient (Wildman–Crippen LogP) is 3.58. The fraction of sp³-hybridized carbons (Fsp3) is 0.471. The van der Waals surface area contributed by atoms with Crippen molar-refractivity contribution in [1.82, 2.24) is 15.5 Å². The minimum absolute atomic E-state index is 0.0365. The van der Waals surface area contributed by atoms with Crippen molar-refractivity contribution in [3.05, 3.63) is 71.3 Å². The zero-order chi connectivity index (χ0) is 33.1. The molecule has 0 aliphatic carbocycles. The topological polar surface area (TPSA) is 172 Å². The van der Waals surface area contributed by atoms with Crippen LogP contribution in [0.15, 0.2) is 54.6 Å². The minimum atomic E-state index is -0.863. The van der Waals surface area contributed by atoms with E-state index in [9.17, 15) is 24.0 Å². The van der Waals surface area contributed by atoms with Gasteiger partial charge in [-0.05, 0) is 29.4 Å². The van der Waals surface area contributed by atoms with E-state index in [4.69, 9.17) is 15.9 Å². The number of benzene rings is 2. The lowest BCUT2D eigenvalue weighted by Gasteiger charge is -2.38. The van der Waals surface area contributed by atoms with E-state index in [1.54, 1.807) is 24.3 Å². The third kappa shape index (κ3) is 10.3. The molecule has 1 heterocycles. The van der Waals surface area contributed by atoms with Crippen molar-refractivity contribution in [2.45, 2.75) is 66.2 Å². The molecule has 0 bridgehead atoms. The highest BCUT2D eigenvalue weighted by molar-refractivity contribution is 6.37. The molecule has 1 aliphatic heterocycles. The van der Waals surface area contributed by atoms with Gasteiger partial charge in [-0.15, -0.1) is 0 Å². The Morgan fingerprint density at radius 2 is 1.62 bits per heavy atom. The van der Waals surface area contributed by atoms with Crippen LogP contribution in [0.3, 0.4) is 0 Å². The number of Topliss-reactive ketones (excluding diaryl/α,β-unsaturated/α-hetero) is 2. The quantitative estimate of drug-likeness (QED) is 0.126. The van der Waals surface area contributed by atoms with Crippen molar-refractivity contribution in [3.63, 3.8) is 0 Å². The van der Waals surface area contributed by atoms with Crippen molar-refractivity contribution >= 4 is 35.3 Å². The Labute approximate surface area is 264 Å². The Bertz CT molecular complexity index is 1350. The molecule has 2 aromatic rings. The first kappa shape index (κ1) is 34.9. The molecule has 5 N–H and O–H groups in total. The number of ketones is 2. The fourth-order valence-corrected chi connectivity index (χ4v) is 5.11. The summed E-state index contributed by atoms with van der Waals surface area (Å²) in [6, 6.07) is 15.3. The van der Waals surface area contributed by atoms with Gasteiger partial charge in [0, 0.05) is 37.5 Å². The molecule has 2 aromatic carbocycles. The highest BCUT2D eigenvalue weighted by Crippen LogP contribution is 2.25. The van der Waals surface area contributed by atoms with Crippen LogP contribution in [0, 0.1) is 29.1 Å². The van der Waals surface area contributed by atoms with Gasteiger partial charge in [-0.25, -0.2) is 4.79 Å². The van der Waals surface area contributed by atoms with Crippen LogP contribution in [-0.4, -0.2) is 59.3 Å². The largest absolute Gasteiger partial charge is 0.445 e. The number of nitrogens with two attached hydrogens (primary N) is 1. The maximum atomic E-state index is 13.5. The molecule has 11 nitrogen and oxygen atoms in total. The number of alkyl carbamates (subject to hydrolysis) is 1. The van der Waals surface area contributed by atoms with Crippen molar-refractivity contribution in [2.75, 3.05) is 13.1 Å². The summed E-state index contributed by atoms with van der Waals surface area (Å²) < 4.78 is 5.31. The molecule has 3 rings (SSSR count). The number of ether oxygens (including phenoxy) is 1. The SMILES string of the molecule is CCC(C)C(CC(=O)C(CC(C)C)NC(=O)OCc1ccccc1)C(=O)C(=O)N1CC(C(=O)NCc2ccc(C(=N)N)cc2)C1. The van der Waals surface area contributed by atoms with E-state index in [0.717, 1.165) is 11.1 Å². The zero-order valence-corrected chi connectivity index (χ0v) is 26.5. The summed E-state index contributed by atoms with van der Waals surface area (Å²) >= 11 is 0. The number of nitrogens with one attached hydrogen (secondary N) is 3. The van der Waals surface area contributed by atoms with Gasteiger partial charge in [0.1, 0.15) is 12.4 Å². The van der Waals surface area contributed by atoms with Crippen LogP contribution in [0.5, 0.6) is 0 Å². The molecule has 11 heteroatoms. The highest BCUT2D eigenvalue weighted by atomic mass is 16.5. The third-order valence-electron chi connectivity index (χ3n) is 8.17. The summed E-state index contributed by atoms with van der Waals surface area (Å²) in [5.74, 6) is -3.40. The number of amidine groups is 1. The first-order valence-corrected chi connectivity index (χ1v) is 15.4. The third-order valence-corrected chi connectivity index (χ3v) is 8.17. The number of rotatable bonds is 16. The zero-order valence-electron chi connectivity index (χ0n) is 26.5. The first-order chi connectivity index (χ1) is 21.4. The van der Waals surface area contributed by atoms with Gasteiger partial charge in [-0.3, -0.25) is 24.6 Å². The molecular weight excluding hydrogens is 574 g/mol. The van der Waals surface area contributed by atoms with Gasteiger partial charge in [0.25, 0.3) is 5.91 Å².